The van der Waals surface area contributed by atoms with E-state index < -0.39 is 43.2 Å². The first-order valence-electron chi connectivity index (χ1n) is 5.63. The Hall–Kier alpha value is -0.990. The zero-order chi connectivity index (χ0) is 13.7. The summed E-state index contributed by atoms with van der Waals surface area (Å²) in [7, 11) is 0. The molecular formula is C11H19NO6. The number of hydrogen-bond acceptors (Lipinski definition) is 6. The molecule has 0 spiro atoms. The molecule has 104 valence electrons. The molecule has 1 rings (SSSR count). The first kappa shape index (κ1) is 15.1. The van der Waals surface area contributed by atoms with Gasteiger partial charge in [-0.25, -0.2) is 0 Å². The molecule has 0 radical (unpaired) electrons. The van der Waals surface area contributed by atoms with Gasteiger partial charge >= 0.3 is 0 Å². The molecule has 7 nitrogen and oxygen atoms in total. The van der Waals surface area contributed by atoms with Gasteiger partial charge in [-0.1, -0.05) is 6.08 Å². The number of aliphatic hydroxyl groups excluding tert-OH is 3. The van der Waals surface area contributed by atoms with Crippen molar-refractivity contribution < 1.29 is 29.6 Å². The quantitative estimate of drug-likeness (QED) is 0.432. The van der Waals surface area contributed by atoms with Gasteiger partial charge in [0.1, 0.15) is 24.4 Å². The van der Waals surface area contributed by atoms with Crippen molar-refractivity contribution in [2.75, 3.05) is 13.2 Å². The van der Waals surface area contributed by atoms with Crippen molar-refractivity contribution in [3.8, 4) is 0 Å². The summed E-state index contributed by atoms with van der Waals surface area (Å²) in [5.41, 5.74) is 0. The summed E-state index contributed by atoms with van der Waals surface area (Å²) in [5.74, 6) is -0.411. The van der Waals surface area contributed by atoms with Gasteiger partial charge in [0, 0.05) is 6.92 Å². The molecule has 18 heavy (non-hydrogen) atoms. The first-order chi connectivity index (χ1) is 8.51. The number of aliphatic hydroxyl groups is 3. The number of carbonyl (C=O) groups is 1. The van der Waals surface area contributed by atoms with Gasteiger partial charge in [-0.3, -0.25) is 4.79 Å². The van der Waals surface area contributed by atoms with Crippen molar-refractivity contribution >= 4 is 5.91 Å². The van der Waals surface area contributed by atoms with Gasteiger partial charge < -0.3 is 30.1 Å². The van der Waals surface area contributed by atoms with E-state index in [-0.39, 0.29) is 6.61 Å². The largest absolute Gasteiger partial charge is 0.394 e. The SMILES string of the molecule is C=CCO[C@H]1[C@H](O)[C@H](NC(C)=O)C(O)O[C@@H]1CO. The van der Waals surface area contributed by atoms with Gasteiger partial charge in [-0.15, -0.1) is 6.58 Å². The number of ether oxygens (including phenoxy) is 2. The third-order valence-electron chi connectivity index (χ3n) is 2.65. The van der Waals surface area contributed by atoms with Crippen LogP contribution in [0.4, 0.5) is 0 Å². The molecule has 0 saturated carbocycles. The third-order valence-corrected chi connectivity index (χ3v) is 2.65. The monoisotopic (exact) mass is 261 g/mol. The molecule has 1 saturated heterocycles. The molecular weight excluding hydrogens is 242 g/mol. The van der Waals surface area contributed by atoms with E-state index in [0.29, 0.717) is 0 Å². The lowest BCUT2D eigenvalue weighted by molar-refractivity contribution is -0.261. The van der Waals surface area contributed by atoms with Crippen molar-refractivity contribution in [3.63, 3.8) is 0 Å². The molecule has 4 N–H and O–H groups in total. The summed E-state index contributed by atoms with van der Waals surface area (Å²) in [5, 5.41) is 31.2. The lowest BCUT2D eigenvalue weighted by Crippen LogP contribution is -2.64. The smallest absolute Gasteiger partial charge is 0.217 e. The number of amides is 1. The second kappa shape index (κ2) is 6.81. The summed E-state index contributed by atoms with van der Waals surface area (Å²) in [6.45, 7) is 4.48. The summed E-state index contributed by atoms with van der Waals surface area (Å²) < 4.78 is 10.4. The fourth-order valence-electron chi connectivity index (χ4n) is 1.86. The normalized spacial score (nSPS) is 36.1. The van der Waals surface area contributed by atoms with Crippen LogP contribution in [0.1, 0.15) is 6.92 Å². The van der Waals surface area contributed by atoms with Crippen LogP contribution in [-0.2, 0) is 14.3 Å². The summed E-state index contributed by atoms with van der Waals surface area (Å²) >= 11 is 0. The van der Waals surface area contributed by atoms with Crippen molar-refractivity contribution in [2.45, 2.75) is 37.6 Å². The highest BCUT2D eigenvalue weighted by atomic mass is 16.6. The van der Waals surface area contributed by atoms with Crippen molar-refractivity contribution in [1.29, 1.82) is 0 Å². The van der Waals surface area contributed by atoms with Crippen LogP contribution in [0.15, 0.2) is 12.7 Å². The predicted octanol–water partition coefficient (Wildman–Crippen LogP) is -1.87. The molecule has 0 aliphatic carbocycles. The summed E-state index contributed by atoms with van der Waals surface area (Å²) in [4.78, 5) is 11.0. The highest BCUT2D eigenvalue weighted by Crippen LogP contribution is 2.22. The van der Waals surface area contributed by atoms with Crippen LogP contribution in [0.3, 0.4) is 0 Å². The van der Waals surface area contributed by atoms with E-state index >= 15 is 0 Å². The molecule has 0 aromatic carbocycles. The number of rotatable bonds is 5. The lowest BCUT2D eigenvalue weighted by atomic mass is 9.96. The van der Waals surface area contributed by atoms with E-state index in [9.17, 15) is 15.0 Å². The Kier molecular flexibility index (Phi) is 5.70. The standard InChI is InChI=1S/C11H19NO6/c1-3-4-17-10-7(5-13)18-11(16)8(9(10)15)12-6(2)14/h3,7-11,13,15-16H,1,4-5H2,2H3,(H,12,14)/t7-,8+,9-,10-,11?/m1/s1. The average Bonchev–Trinajstić information content (AvgIpc) is 2.32. The summed E-state index contributed by atoms with van der Waals surface area (Å²) in [6, 6.07) is -1.000. The number of carbonyl (C=O) groups excluding carboxylic acids is 1. The van der Waals surface area contributed by atoms with Crippen LogP contribution in [0.5, 0.6) is 0 Å². The van der Waals surface area contributed by atoms with Crippen molar-refractivity contribution in [2.24, 2.45) is 0 Å². The minimum Gasteiger partial charge on any atom is -0.394 e. The van der Waals surface area contributed by atoms with E-state index in [1.165, 1.54) is 13.0 Å². The lowest BCUT2D eigenvalue weighted by Gasteiger charge is -2.42. The topological polar surface area (TPSA) is 108 Å². The third kappa shape index (κ3) is 3.50. The minimum absolute atomic E-state index is 0.157. The van der Waals surface area contributed by atoms with Crippen LogP contribution in [0.2, 0.25) is 0 Å². The van der Waals surface area contributed by atoms with Crippen LogP contribution >= 0.6 is 0 Å². The Balaban J connectivity index is 2.77. The molecule has 1 heterocycles. The molecule has 0 bridgehead atoms. The molecule has 7 heteroatoms. The average molecular weight is 261 g/mol. The highest BCUT2D eigenvalue weighted by Gasteiger charge is 2.45. The zero-order valence-corrected chi connectivity index (χ0v) is 10.2. The van der Waals surface area contributed by atoms with Crippen molar-refractivity contribution in [3.05, 3.63) is 12.7 Å². The van der Waals surface area contributed by atoms with E-state index in [2.05, 4.69) is 11.9 Å². The summed E-state index contributed by atoms with van der Waals surface area (Å²) in [6.07, 6.45) is -2.81. The molecule has 0 aromatic rings. The van der Waals surface area contributed by atoms with Crippen LogP contribution in [0.25, 0.3) is 0 Å². The van der Waals surface area contributed by atoms with Crippen LogP contribution < -0.4 is 5.32 Å². The highest BCUT2D eigenvalue weighted by molar-refractivity contribution is 5.73. The van der Waals surface area contributed by atoms with Gasteiger partial charge in [0.2, 0.25) is 5.91 Å². The number of nitrogens with one attached hydrogen (secondary N) is 1. The molecule has 5 atom stereocenters. The Bertz CT molecular complexity index is 297. The maximum Gasteiger partial charge on any atom is 0.217 e. The van der Waals surface area contributed by atoms with E-state index in [0.717, 1.165) is 0 Å². The van der Waals surface area contributed by atoms with Gasteiger partial charge in [0.05, 0.1) is 13.2 Å². The van der Waals surface area contributed by atoms with Gasteiger partial charge in [-0.05, 0) is 0 Å². The van der Waals surface area contributed by atoms with Crippen molar-refractivity contribution in [1.82, 2.24) is 5.32 Å². The second-order valence-electron chi connectivity index (χ2n) is 4.05. The minimum atomic E-state index is -1.40. The Labute approximate surface area is 105 Å². The number of hydrogen-bond donors (Lipinski definition) is 4. The first-order valence-corrected chi connectivity index (χ1v) is 5.63. The molecule has 1 amide bonds. The zero-order valence-electron chi connectivity index (χ0n) is 10.2. The van der Waals surface area contributed by atoms with Crippen LogP contribution in [-0.4, -0.2) is 65.1 Å². The van der Waals surface area contributed by atoms with Gasteiger partial charge in [0.25, 0.3) is 0 Å². The molecule has 0 aromatic heterocycles. The molecule has 1 fully saturated rings. The second-order valence-corrected chi connectivity index (χ2v) is 4.05. The molecule has 1 aliphatic rings. The van der Waals surface area contributed by atoms with E-state index in [1.807, 2.05) is 0 Å². The molecule has 1 unspecified atom stereocenters. The maximum atomic E-state index is 11.0. The maximum absolute atomic E-state index is 11.0. The fraction of sp³-hybridized carbons (Fsp3) is 0.727. The molecule has 1 aliphatic heterocycles. The Morgan fingerprint density at radius 3 is 2.72 bits per heavy atom. The van der Waals surface area contributed by atoms with Crippen LogP contribution in [0, 0.1) is 0 Å². The fourth-order valence-corrected chi connectivity index (χ4v) is 1.86. The van der Waals surface area contributed by atoms with Gasteiger partial charge in [0.15, 0.2) is 6.29 Å². The van der Waals surface area contributed by atoms with Gasteiger partial charge in [-0.2, -0.15) is 0 Å². The van der Waals surface area contributed by atoms with E-state index in [4.69, 9.17) is 14.6 Å². The predicted molar refractivity (Wildman–Crippen MR) is 61.5 cm³/mol. The Morgan fingerprint density at radius 2 is 2.22 bits per heavy atom. The Morgan fingerprint density at radius 1 is 1.56 bits per heavy atom. The van der Waals surface area contributed by atoms with E-state index in [1.54, 1.807) is 0 Å².